The van der Waals surface area contributed by atoms with Crippen LogP contribution in [0.1, 0.15) is 11.7 Å². The van der Waals surface area contributed by atoms with E-state index < -0.39 is 6.10 Å². The zero-order chi connectivity index (χ0) is 9.26. The first-order valence-electron chi connectivity index (χ1n) is 4.13. The predicted octanol–water partition coefficient (Wildman–Crippen LogP) is 0.326. The van der Waals surface area contributed by atoms with Crippen molar-refractivity contribution >= 4 is 5.52 Å². The molecule has 68 valence electrons. The number of aromatic nitrogens is 2. The van der Waals surface area contributed by atoms with E-state index in [1.54, 1.807) is 10.7 Å². The summed E-state index contributed by atoms with van der Waals surface area (Å²) in [6.07, 6.45) is 2.92. The summed E-state index contributed by atoms with van der Waals surface area (Å²) in [6.45, 7) is 0.227. The summed E-state index contributed by atoms with van der Waals surface area (Å²) in [4.78, 5) is 0. The highest BCUT2D eigenvalue weighted by Crippen LogP contribution is 2.17. The van der Waals surface area contributed by atoms with Crippen LogP contribution in [0.4, 0.5) is 0 Å². The molecule has 0 spiro atoms. The van der Waals surface area contributed by atoms with Gasteiger partial charge in [0, 0.05) is 24.5 Å². The smallest absolute Gasteiger partial charge is 0.0933 e. The summed E-state index contributed by atoms with van der Waals surface area (Å²) in [5, 5.41) is 13.6. The molecule has 2 rings (SSSR count). The molecule has 0 aliphatic rings. The Morgan fingerprint density at radius 3 is 3.15 bits per heavy atom. The molecule has 2 aromatic rings. The van der Waals surface area contributed by atoms with Crippen molar-refractivity contribution in [3.63, 3.8) is 0 Å². The third-order valence-corrected chi connectivity index (χ3v) is 2.05. The number of aliphatic hydroxyl groups is 1. The average Bonchev–Trinajstić information content (AvgIpc) is 2.63. The molecule has 0 fully saturated rings. The minimum absolute atomic E-state index is 0.227. The van der Waals surface area contributed by atoms with Crippen molar-refractivity contribution in [2.24, 2.45) is 5.73 Å². The maximum atomic E-state index is 9.58. The van der Waals surface area contributed by atoms with Crippen molar-refractivity contribution in [3.05, 3.63) is 36.2 Å². The largest absolute Gasteiger partial charge is 0.387 e. The second kappa shape index (κ2) is 3.16. The Hall–Kier alpha value is -1.39. The number of hydrogen-bond acceptors (Lipinski definition) is 3. The van der Waals surface area contributed by atoms with Crippen LogP contribution >= 0.6 is 0 Å². The highest BCUT2D eigenvalue weighted by atomic mass is 16.3. The van der Waals surface area contributed by atoms with E-state index in [1.165, 1.54) is 0 Å². The minimum atomic E-state index is -0.611. The van der Waals surface area contributed by atoms with E-state index in [0.717, 1.165) is 11.1 Å². The number of nitrogens with two attached hydrogens (primary N) is 1. The molecule has 0 aromatic carbocycles. The lowest BCUT2D eigenvalue weighted by Crippen LogP contribution is -2.12. The summed E-state index contributed by atoms with van der Waals surface area (Å²) < 4.78 is 1.72. The summed E-state index contributed by atoms with van der Waals surface area (Å²) in [6, 6.07) is 5.55. The van der Waals surface area contributed by atoms with E-state index in [0.29, 0.717) is 0 Å². The quantitative estimate of drug-likeness (QED) is 0.694. The van der Waals surface area contributed by atoms with Gasteiger partial charge in [0.2, 0.25) is 0 Å². The van der Waals surface area contributed by atoms with Gasteiger partial charge in [-0.2, -0.15) is 5.10 Å². The topological polar surface area (TPSA) is 63.5 Å². The first-order valence-corrected chi connectivity index (χ1v) is 4.13. The second-order valence-corrected chi connectivity index (χ2v) is 2.88. The van der Waals surface area contributed by atoms with Gasteiger partial charge in [-0.05, 0) is 12.1 Å². The fourth-order valence-electron chi connectivity index (χ4n) is 1.38. The zero-order valence-corrected chi connectivity index (χ0v) is 7.09. The molecule has 0 radical (unpaired) electrons. The van der Waals surface area contributed by atoms with Crippen LogP contribution in [0.3, 0.4) is 0 Å². The Bertz CT molecular complexity index is 410. The van der Waals surface area contributed by atoms with Crippen LogP contribution < -0.4 is 5.73 Å². The third kappa shape index (κ3) is 1.30. The molecular formula is C9H11N3O. The van der Waals surface area contributed by atoms with Crippen LogP contribution in [0.15, 0.2) is 30.6 Å². The molecule has 0 aliphatic carbocycles. The molecule has 2 aromatic heterocycles. The van der Waals surface area contributed by atoms with Crippen molar-refractivity contribution in [1.82, 2.24) is 9.61 Å². The highest BCUT2D eigenvalue weighted by molar-refractivity contribution is 5.54. The zero-order valence-electron chi connectivity index (χ0n) is 7.09. The molecule has 0 saturated heterocycles. The first kappa shape index (κ1) is 8.22. The molecule has 1 unspecified atom stereocenters. The molecule has 0 amide bonds. The Balaban J connectivity index is 2.60. The predicted molar refractivity (Wildman–Crippen MR) is 49.2 cm³/mol. The van der Waals surface area contributed by atoms with Gasteiger partial charge in [-0.3, -0.25) is 0 Å². The van der Waals surface area contributed by atoms with Gasteiger partial charge in [0.1, 0.15) is 0 Å². The molecule has 13 heavy (non-hydrogen) atoms. The van der Waals surface area contributed by atoms with E-state index in [1.807, 2.05) is 24.4 Å². The first-order chi connectivity index (χ1) is 6.33. The standard InChI is InChI=1S/C9H11N3O/c10-6-9(13)7-2-1-5-12-8(7)3-4-11-12/h1-5,9,13H,6,10H2. The Kier molecular flexibility index (Phi) is 2.00. The van der Waals surface area contributed by atoms with Crippen molar-refractivity contribution < 1.29 is 5.11 Å². The van der Waals surface area contributed by atoms with Crippen molar-refractivity contribution in [1.29, 1.82) is 0 Å². The van der Waals surface area contributed by atoms with Crippen molar-refractivity contribution in [3.8, 4) is 0 Å². The van der Waals surface area contributed by atoms with Gasteiger partial charge in [0.05, 0.1) is 11.6 Å². The fourth-order valence-corrected chi connectivity index (χ4v) is 1.38. The summed E-state index contributed by atoms with van der Waals surface area (Å²) in [5.41, 5.74) is 7.11. The number of rotatable bonds is 2. The van der Waals surface area contributed by atoms with E-state index in [4.69, 9.17) is 5.73 Å². The van der Waals surface area contributed by atoms with Gasteiger partial charge < -0.3 is 10.8 Å². The summed E-state index contributed by atoms with van der Waals surface area (Å²) in [7, 11) is 0. The van der Waals surface area contributed by atoms with E-state index in [2.05, 4.69) is 5.10 Å². The number of fused-ring (bicyclic) bond motifs is 1. The van der Waals surface area contributed by atoms with E-state index >= 15 is 0 Å². The Morgan fingerprint density at radius 1 is 1.54 bits per heavy atom. The number of pyridine rings is 1. The monoisotopic (exact) mass is 177 g/mol. The molecule has 3 N–H and O–H groups in total. The number of nitrogens with zero attached hydrogens (tertiary/aromatic N) is 2. The average molecular weight is 177 g/mol. The van der Waals surface area contributed by atoms with Crippen LogP contribution in [-0.4, -0.2) is 21.3 Å². The van der Waals surface area contributed by atoms with Crippen LogP contribution in [-0.2, 0) is 0 Å². The van der Waals surface area contributed by atoms with Crippen molar-refractivity contribution in [2.75, 3.05) is 6.54 Å². The van der Waals surface area contributed by atoms with Crippen LogP contribution in [0.25, 0.3) is 5.52 Å². The van der Waals surface area contributed by atoms with Gasteiger partial charge in [-0.25, -0.2) is 4.52 Å². The lowest BCUT2D eigenvalue weighted by atomic mass is 10.1. The van der Waals surface area contributed by atoms with E-state index in [9.17, 15) is 5.11 Å². The second-order valence-electron chi connectivity index (χ2n) is 2.88. The molecule has 4 nitrogen and oxygen atoms in total. The maximum Gasteiger partial charge on any atom is 0.0933 e. The normalized spacial score (nSPS) is 13.4. The number of aliphatic hydroxyl groups excluding tert-OH is 1. The maximum absolute atomic E-state index is 9.58. The molecule has 4 heteroatoms. The van der Waals surface area contributed by atoms with Crippen LogP contribution in [0.5, 0.6) is 0 Å². The molecule has 1 atom stereocenters. The van der Waals surface area contributed by atoms with Crippen LogP contribution in [0, 0.1) is 0 Å². The summed E-state index contributed by atoms with van der Waals surface area (Å²) in [5.74, 6) is 0. The number of hydrogen-bond donors (Lipinski definition) is 2. The third-order valence-electron chi connectivity index (χ3n) is 2.05. The SMILES string of the molecule is NCC(O)c1cccn2nccc12. The van der Waals surface area contributed by atoms with Gasteiger partial charge in [0.25, 0.3) is 0 Å². The van der Waals surface area contributed by atoms with Gasteiger partial charge in [-0.1, -0.05) is 6.07 Å². The molecular weight excluding hydrogens is 166 g/mol. The Morgan fingerprint density at radius 2 is 2.38 bits per heavy atom. The fraction of sp³-hybridized carbons (Fsp3) is 0.222. The van der Waals surface area contributed by atoms with Gasteiger partial charge in [-0.15, -0.1) is 0 Å². The molecule has 2 heterocycles. The highest BCUT2D eigenvalue weighted by Gasteiger charge is 2.08. The summed E-state index contributed by atoms with van der Waals surface area (Å²) >= 11 is 0. The molecule has 0 bridgehead atoms. The van der Waals surface area contributed by atoms with Crippen molar-refractivity contribution in [2.45, 2.75) is 6.10 Å². The van der Waals surface area contributed by atoms with Gasteiger partial charge in [0.15, 0.2) is 0 Å². The molecule has 0 aliphatic heterocycles. The minimum Gasteiger partial charge on any atom is -0.387 e. The Labute approximate surface area is 75.6 Å². The van der Waals surface area contributed by atoms with Gasteiger partial charge >= 0.3 is 0 Å². The lowest BCUT2D eigenvalue weighted by Gasteiger charge is -2.08. The lowest BCUT2D eigenvalue weighted by molar-refractivity contribution is 0.188. The van der Waals surface area contributed by atoms with Crippen LogP contribution in [0.2, 0.25) is 0 Å². The molecule has 0 saturated carbocycles. The van der Waals surface area contributed by atoms with E-state index in [-0.39, 0.29) is 6.54 Å².